The molecule has 0 saturated heterocycles. The highest BCUT2D eigenvalue weighted by molar-refractivity contribution is 6.31. The summed E-state index contributed by atoms with van der Waals surface area (Å²) in [4.78, 5) is 0. The second-order valence-corrected chi connectivity index (χ2v) is 4.70. The van der Waals surface area contributed by atoms with E-state index in [1.165, 1.54) is 25.0 Å². The highest BCUT2D eigenvalue weighted by atomic mass is 35.5. The highest BCUT2D eigenvalue weighted by Crippen LogP contribution is 2.36. The van der Waals surface area contributed by atoms with E-state index in [1.54, 1.807) is 6.07 Å². The Balaban J connectivity index is 1.99. The monoisotopic (exact) mass is 227 g/mol. The van der Waals surface area contributed by atoms with Crippen molar-refractivity contribution in [3.63, 3.8) is 0 Å². The molecule has 0 bridgehead atoms. The fourth-order valence-corrected chi connectivity index (χ4v) is 2.09. The first-order valence-electron chi connectivity index (χ1n) is 5.37. The summed E-state index contributed by atoms with van der Waals surface area (Å²) >= 11 is 5.94. The fraction of sp³-hybridized carbons (Fsp3) is 0.500. The average molecular weight is 228 g/mol. The molecule has 1 aliphatic carbocycles. The summed E-state index contributed by atoms with van der Waals surface area (Å²) in [5.41, 5.74) is 6.88. The van der Waals surface area contributed by atoms with Crippen molar-refractivity contribution < 1.29 is 4.39 Å². The van der Waals surface area contributed by atoms with Crippen LogP contribution in [0.5, 0.6) is 0 Å². The van der Waals surface area contributed by atoms with Gasteiger partial charge < -0.3 is 5.73 Å². The molecule has 0 amide bonds. The van der Waals surface area contributed by atoms with Crippen molar-refractivity contribution in [3.05, 3.63) is 34.6 Å². The minimum Gasteiger partial charge on any atom is -0.324 e. The van der Waals surface area contributed by atoms with Gasteiger partial charge >= 0.3 is 0 Å². The van der Waals surface area contributed by atoms with Crippen LogP contribution in [0.3, 0.4) is 0 Å². The molecule has 3 heteroatoms. The van der Waals surface area contributed by atoms with Gasteiger partial charge in [-0.3, -0.25) is 0 Å². The molecule has 0 aromatic heterocycles. The third-order valence-electron chi connectivity index (χ3n) is 2.94. The van der Waals surface area contributed by atoms with E-state index in [-0.39, 0.29) is 11.9 Å². The van der Waals surface area contributed by atoms with E-state index >= 15 is 0 Å². The molecule has 1 atom stereocenters. The lowest BCUT2D eigenvalue weighted by Gasteiger charge is -2.13. The van der Waals surface area contributed by atoms with Gasteiger partial charge in [0.05, 0.1) is 0 Å². The number of halogens is 2. The van der Waals surface area contributed by atoms with E-state index in [9.17, 15) is 4.39 Å². The van der Waals surface area contributed by atoms with Gasteiger partial charge in [0.15, 0.2) is 0 Å². The van der Waals surface area contributed by atoms with Crippen LogP contribution in [0.1, 0.15) is 37.3 Å². The first kappa shape index (κ1) is 10.9. The van der Waals surface area contributed by atoms with Crippen LogP contribution in [0.2, 0.25) is 5.02 Å². The maximum atomic E-state index is 12.8. The topological polar surface area (TPSA) is 26.0 Å². The number of hydrogen-bond donors (Lipinski definition) is 1. The second-order valence-electron chi connectivity index (χ2n) is 4.29. The molecule has 82 valence electrons. The molecule has 2 N–H and O–H groups in total. The zero-order valence-electron chi connectivity index (χ0n) is 8.55. The molecule has 1 unspecified atom stereocenters. The van der Waals surface area contributed by atoms with Gasteiger partial charge in [-0.15, -0.1) is 0 Å². The van der Waals surface area contributed by atoms with Crippen molar-refractivity contribution in [3.8, 4) is 0 Å². The normalized spacial score (nSPS) is 17.8. The van der Waals surface area contributed by atoms with E-state index in [4.69, 9.17) is 17.3 Å². The summed E-state index contributed by atoms with van der Waals surface area (Å²) < 4.78 is 12.8. The van der Waals surface area contributed by atoms with Crippen molar-refractivity contribution >= 4 is 11.6 Å². The minimum absolute atomic E-state index is 0.0568. The van der Waals surface area contributed by atoms with Crippen molar-refractivity contribution in [1.82, 2.24) is 0 Å². The van der Waals surface area contributed by atoms with Gasteiger partial charge in [-0.05, 0) is 36.5 Å². The number of benzene rings is 1. The molecule has 0 heterocycles. The van der Waals surface area contributed by atoms with Gasteiger partial charge in [0.25, 0.3) is 0 Å². The second kappa shape index (κ2) is 4.50. The van der Waals surface area contributed by atoms with E-state index in [0.29, 0.717) is 5.02 Å². The van der Waals surface area contributed by atoms with Crippen molar-refractivity contribution in [2.24, 2.45) is 11.7 Å². The fourth-order valence-electron chi connectivity index (χ4n) is 1.78. The molecule has 2 rings (SSSR count). The van der Waals surface area contributed by atoms with E-state index in [0.717, 1.165) is 24.3 Å². The third kappa shape index (κ3) is 2.93. The predicted molar refractivity (Wildman–Crippen MR) is 60.3 cm³/mol. The molecule has 0 spiro atoms. The molecule has 1 aromatic rings. The third-order valence-corrected chi connectivity index (χ3v) is 3.27. The van der Waals surface area contributed by atoms with Crippen LogP contribution in [0, 0.1) is 11.7 Å². The van der Waals surface area contributed by atoms with Crippen LogP contribution >= 0.6 is 11.6 Å². The lowest BCUT2D eigenvalue weighted by molar-refractivity contribution is 0.572. The van der Waals surface area contributed by atoms with E-state index < -0.39 is 0 Å². The molecule has 1 aliphatic rings. The molecule has 1 aromatic carbocycles. The Kier molecular flexibility index (Phi) is 3.27. The van der Waals surface area contributed by atoms with E-state index in [1.807, 2.05) is 0 Å². The van der Waals surface area contributed by atoms with Crippen LogP contribution in [0.25, 0.3) is 0 Å². The van der Waals surface area contributed by atoms with Gasteiger partial charge in [-0.1, -0.05) is 30.5 Å². The number of rotatable bonds is 4. The van der Waals surface area contributed by atoms with Gasteiger partial charge in [-0.2, -0.15) is 0 Å². The Morgan fingerprint density at radius 1 is 1.47 bits per heavy atom. The first-order valence-corrected chi connectivity index (χ1v) is 5.75. The molecule has 15 heavy (non-hydrogen) atoms. The van der Waals surface area contributed by atoms with Crippen molar-refractivity contribution in [1.29, 1.82) is 0 Å². The summed E-state index contributed by atoms with van der Waals surface area (Å²) in [6, 6.07) is 4.38. The SMILES string of the molecule is NC(CCC1CC1)c1ccc(F)cc1Cl. The predicted octanol–water partition coefficient (Wildman–Crippen LogP) is 3.67. The maximum Gasteiger partial charge on any atom is 0.124 e. The van der Waals surface area contributed by atoms with Gasteiger partial charge in [-0.25, -0.2) is 4.39 Å². The van der Waals surface area contributed by atoms with Crippen LogP contribution < -0.4 is 5.73 Å². The summed E-state index contributed by atoms with van der Waals surface area (Å²) in [7, 11) is 0. The minimum atomic E-state index is -0.307. The highest BCUT2D eigenvalue weighted by Gasteiger charge is 2.22. The lowest BCUT2D eigenvalue weighted by atomic mass is 10.0. The molecule has 0 aliphatic heterocycles. The van der Waals surface area contributed by atoms with Crippen molar-refractivity contribution in [2.75, 3.05) is 0 Å². The Bertz CT molecular complexity index is 349. The maximum absolute atomic E-state index is 12.8. The summed E-state index contributed by atoms with van der Waals surface area (Å²) in [5, 5.41) is 0.443. The Morgan fingerprint density at radius 2 is 2.20 bits per heavy atom. The van der Waals surface area contributed by atoms with Gasteiger partial charge in [0.2, 0.25) is 0 Å². The average Bonchev–Trinajstić information content (AvgIpc) is 2.97. The van der Waals surface area contributed by atoms with Crippen LogP contribution in [-0.2, 0) is 0 Å². The van der Waals surface area contributed by atoms with Gasteiger partial charge in [0, 0.05) is 11.1 Å². The van der Waals surface area contributed by atoms with Gasteiger partial charge in [0.1, 0.15) is 5.82 Å². The van der Waals surface area contributed by atoms with Crippen LogP contribution in [-0.4, -0.2) is 0 Å². The number of nitrogens with two attached hydrogens (primary N) is 1. The zero-order chi connectivity index (χ0) is 10.8. The zero-order valence-corrected chi connectivity index (χ0v) is 9.30. The molecule has 1 nitrogen and oxygen atoms in total. The summed E-state index contributed by atoms with van der Waals surface area (Å²) in [6.07, 6.45) is 4.78. The molecule has 1 fully saturated rings. The van der Waals surface area contributed by atoms with Crippen molar-refractivity contribution in [2.45, 2.75) is 31.7 Å². The molecule has 1 saturated carbocycles. The Labute approximate surface area is 94.4 Å². The number of hydrogen-bond acceptors (Lipinski definition) is 1. The quantitative estimate of drug-likeness (QED) is 0.835. The Hall–Kier alpha value is -0.600. The van der Waals surface area contributed by atoms with Crippen LogP contribution in [0.15, 0.2) is 18.2 Å². The Morgan fingerprint density at radius 3 is 2.80 bits per heavy atom. The summed E-state index contributed by atoms with van der Waals surface area (Å²) in [6.45, 7) is 0. The van der Waals surface area contributed by atoms with Crippen LogP contribution in [0.4, 0.5) is 4.39 Å². The smallest absolute Gasteiger partial charge is 0.124 e. The molecular formula is C12H15ClFN. The molecular weight excluding hydrogens is 213 g/mol. The van der Waals surface area contributed by atoms with E-state index in [2.05, 4.69) is 0 Å². The first-order chi connectivity index (χ1) is 7.16. The standard InChI is InChI=1S/C12H15ClFN/c13-11-7-9(14)4-5-10(11)12(15)6-3-8-1-2-8/h4-5,7-8,12H,1-3,6,15H2. The lowest BCUT2D eigenvalue weighted by Crippen LogP contribution is -2.11. The molecule has 0 radical (unpaired) electrons. The largest absolute Gasteiger partial charge is 0.324 e. The summed E-state index contributed by atoms with van der Waals surface area (Å²) in [5.74, 6) is 0.563.